The number of fused-ring (bicyclic) bond motifs is 2. The molecule has 0 aliphatic heterocycles. The van der Waals surface area contributed by atoms with E-state index in [1.165, 1.54) is 0 Å². The van der Waals surface area contributed by atoms with Crippen LogP contribution in [0.1, 0.15) is 55.4 Å². The lowest BCUT2D eigenvalue weighted by molar-refractivity contribution is -0.138. The van der Waals surface area contributed by atoms with Crippen molar-refractivity contribution in [1.82, 2.24) is 0 Å². The first-order chi connectivity index (χ1) is 17.8. The number of benzene rings is 3. The lowest BCUT2D eigenvalue weighted by atomic mass is 9.68. The minimum absolute atomic E-state index is 0.125. The Morgan fingerprint density at radius 1 is 0.919 bits per heavy atom. The molecule has 0 aromatic heterocycles. The van der Waals surface area contributed by atoms with Crippen molar-refractivity contribution in [2.24, 2.45) is 10.4 Å². The summed E-state index contributed by atoms with van der Waals surface area (Å²) in [5, 5.41) is 10.0. The summed E-state index contributed by atoms with van der Waals surface area (Å²) in [6.07, 6.45) is 2.64. The Hall–Kier alpha value is -3.99. The molecule has 2 aliphatic carbocycles. The van der Waals surface area contributed by atoms with Crippen LogP contribution in [-0.2, 0) is 22.6 Å². The number of aliphatic carboxylic acids is 1. The smallest absolute Gasteiger partial charge is 0.328 e. The summed E-state index contributed by atoms with van der Waals surface area (Å²) in [5.41, 5.74) is 5.92. The molecule has 3 aromatic rings. The summed E-state index contributed by atoms with van der Waals surface area (Å²) < 4.78 is 5.85. The predicted octanol–water partition coefficient (Wildman–Crippen LogP) is 6.30. The van der Waals surface area contributed by atoms with Gasteiger partial charge in [-0.15, -0.1) is 0 Å². The minimum atomic E-state index is -1.06. The fourth-order valence-electron chi connectivity index (χ4n) is 5.17. The van der Waals surface area contributed by atoms with Gasteiger partial charge in [-0.05, 0) is 59.1 Å². The van der Waals surface area contributed by atoms with E-state index >= 15 is 0 Å². The summed E-state index contributed by atoms with van der Waals surface area (Å²) >= 11 is 0. The van der Waals surface area contributed by atoms with Crippen LogP contribution in [0.3, 0.4) is 0 Å². The van der Waals surface area contributed by atoms with Gasteiger partial charge in [-0.2, -0.15) is 0 Å². The second-order valence-electron chi connectivity index (χ2n) is 10.6. The number of carboxylic acid groups (broad SMARTS) is 1. The zero-order valence-electron chi connectivity index (χ0n) is 21.2. The van der Waals surface area contributed by atoms with Crippen LogP contribution in [0.25, 0.3) is 5.57 Å². The van der Waals surface area contributed by atoms with E-state index in [9.17, 15) is 14.7 Å². The number of allylic oxidation sites excluding steroid dienone is 2. The topological polar surface area (TPSA) is 76.0 Å². The van der Waals surface area contributed by atoms with E-state index in [1.54, 1.807) is 0 Å². The quantitative estimate of drug-likeness (QED) is 0.419. The Labute approximate surface area is 217 Å². The Bertz CT molecular complexity index is 1380. The standard InChI is InChI=1S/C32H31NO4/c1-32(2)17-16-26-27(19-32)24-10-6-7-11-25(24)29(30(26)34)33-28(31(35)36)18-21-12-14-23(15-13-21)37-20-22-8-4-3-5-9-22/h3-15,28H,16-20H2,1-2H3,(H,35,36)/t28-/m0/s1. The van der Waals surface area contributed by atoms with Gasteiger partial charge in [0.1, 0.15) is 18.1 Å². The van der Waals surface area contributed by atoms with Crippen molar-refractivity contribution in [1.29, 1.82) is 0 Å². The molecular weight excluding hydrogens is 462 g/mol. The Morgan fingerprint density at radius 3 is 2.30 bits per heavy atom. The average molecular weight is 494 g/mol. The highest BCUT2D eigenvalue weighted by Gasteiger charge is 2.37. The van der Waals surface area contributed by atoms with Gasteiger partial charge in [0.25, 0.3) is 0 Å². The van der Waals surface area contributed by atoms with Gasteiger partial charge in [-0.1, -0.05) is 80.6 Å². The molecule has 0 amide bonds. The SMILES string of the molecule is CC1(C)CCC2=C(C1)c1ccccc1C(=N[C@@H](Cc1ccc(OCc3ccccc3)cc1)C(=O)O)C2=O. The molecule has 5 heteroatoms. The molecule has 0 heterocycles. The lowest BCUT2D eigenvalue weighted by Crippen LogP contribution is -2.32. The number of carbonyl (C=O) groups is 2. The van der Waals surface area contributed by atoms with Crippen molar-refractivity contribution in [3.8, 4) is 5.75 Å². The van der Waals surface area contributed by atoms with Crippen molar-refractivity contribution in [3.05, 3.63) is 107 Å². The number of carboxylic acids is 1. The van der Waals surface area contributed by atoms with E-state index in [-0.39, 0.29) is 23.3 Å². The van der Waals surface area contributed by atoms with Crippen LogP contribution in [0.4, 0.5) is 0 Å². The molecule has 0 spiro atoms. The number of hydrogen-bond donors (Lipinski definition) is 1. The van der Waals surface area contributed by atoms with Gasteiger partial charge in [-0.3, -0.25) is 9.79 Å². The number of hydrogen-bond acceptors (Lipinski definition) is 4. The normalized spacial score (nSPS) is 18.2. The molecule has 188 valence electrons. The van der Waals surface area contributed by atoms with Gasteiger partial charge in [0.2, 0.25) is 5.78 Å². The van der Waals surface area contributed by atoms with Crippen molar-refractivity contribution in [2.75, 3.05) is 0 Å². The number of ether oxygens (including phenoxy) is 1. The summed E-state index contributed by atoms with van der Waals surface area (Å²) in [6, 6.07) is 24.0. The maximum atomic E-state index is 13.6. The first-order valence-corrected chi connectivity index (χ1v) is 12.7. The summed E-state index contributed by atoms with van der Waals surface area (Å²) in [7, 11) is 0. The maximum absolute atomic E-state index is 13.6. The predicted molar refractivity (Wildman–Crippen MR) is 145 cm³/mol. The van der Waals surface area contributed by atoms with Gasteiger partial charge in [0.05, 0.1) is 0 Å². The zero-order chi connectivity index (χ0) is 26.0. The lowest BCUT2D eigenvalue weighted by Gasteiger charge is -2.36. The molecule has 37 heavy (non-hydrogen) atoms. The van der Waals surface area contributed by atoms with Gasteiger partial charge in [-0.25, -0.2) is 4.79 Å². The first-order valence-electron chi connectivity index (χ1n) is 12.7. The van der Waals surface area contributed by atoms with Gasteiger partial charge in [0.15, 0.2) is 6.04 Å². The maximum Gasteiger partial charge on any atom is 0.328 e. The fraction of sp³-hybridized carbons (Fsp3) is 0.281. The molecule has 0 unspecified atom stereocenters. The number of nitrogens with zero attached hydrogens (tertiary/aromatic N) is 1. The first kappa shape index (κ1) is 24.7. The molecule has 0 radical (unpaired) electrons. The molecule has 5 nitrogen and oxygen atoms in total. The monoisotopic (exact) mass is 493 g/mol. The van der Waals surface area contributed by atoms with Crippen molar-refractivity contribution in [3.63, 3.8) is 0 Å². The zero-order valence-corrected chi connectivity index (χ0v) is 21.2. The van der Waals surface area contributed by atoms with E-state index in [0.717, 1.165) is 46.2 Å². The van der Waals surface area contributed by atoms with E-state index in [4.69, 9.17) is 4.74 Å². The molecule has 0 saturated heterocycles. The van der Waals surface area contributed by atoms with Crippen molar-refractivity contribution in [2.45, 2.75) is 52.2 Å². The Kier molecular flexibility index (Phi) is 6.79. The van der Waals surface area contributed by atoms with Gasteiger partial charge < -0.3 is 9.84 Å². The molecule has 0 fully saturated rings. The van der Waals surface area contributed by atoms with Crippen LogP contribution in [0.2, 0.25) is 0 Å². The van der Waals surface area contributed by atoms with Gasteiger partial charge in [0, 0.05) is 17.6 Å². The summed E-state index contributed by atoms with van der Waals surface area (Å²) in [5.74, 6) is -0.464. The van der Waals surface area contributed by atoms with Crippen LogP contribution in [-0.4, -0.2) is 28.6 Å². The molecule has 0 saturated carbocycles. The van der Waals surface area contributed by atoms with Gasteiger partial charge >= 0.3 is 5.97 Å². The van der Waals surface area contributed by atoms with Crippen LogP contribution in [0, 0.1) is 5.41 Å². The second-order valence-corrected chi connectivity index (χ2v) is 10.6. The second kappa shape index (κ2) is 10.2. The number of carbonyl (C=O) groups excluding carboxylic acids is 1. The Morgan fingerprint density at radius 2 is 1.59 bits per heavy atom. The van der Waals surface area contributed by atoms with Crippen LogP contribution in [0.15, 0.2) is 89.4 Å². The molecule has 2 aliphatic rings. The highest BCUT2D eigenvalue weighted by Crippen LogP contribution is 2.46. The van der Waals surface area contributed by atoms with Crippen LogP contribution in [0.5, 0.6) is 5.75 Å². The third-order valence-corrected chi connectivity index (χ3v) is 7.24. The molecule has 1 N–H and O–H groups in total. The fourth-order valence-corrected chi connectivity index (χ4v) is 5.17. The summed E-state index contributed by atoms with van der Waals surface area (Å²) in [4.78, 5) is 30.4. The number of ketones is 1. The van der Waals surface area contributed by atoms with E-state index in [2.05, 4.69) is 18.8 Å². The third kappa shape index (κ3) is 5.41. The van der Waals surface area contributed by atoms with E-state index in [0.29, 0.717) is 18.8 Å². The third-order valence-electron chi connectivity index (χ3n) is 7.24. The highest BCUT2D eigenvalue weighted by atomic mass is 16.5. The summed E-state index contributed by atoms with van der Waals surface area (Å²) in [6.45, 7) is 4.92. The highest BCUT2D eigenvalue weighted by molar-refractivity contribution is 6.54. The Balaban J connectivity index is 1.38. The van der Waals surface area contributed by atoms with E-state index < -0.39 is 12.0 Å². The molecule has 5 rings (SSSR count). The van der Waals surface area contributed by atoms with Crippen LogP contribution < -0.4 is 4.74 Å². The molecule has 0 bridgehead atoms. The average Bonchev–Trinajstić information content (AvgIpc) is 2.90. The van der Waals surface area contributed by atoms with Crippen molar-refractivity contribution < 1.29 is 19.4 Å². The number of Topliss-reactive ketones (excluding diaryl/α,β-unsaturated/α-hetero) is 1. The molecular formula is C32H31NO4. The molecule has 3 aromatic carbocycles. The largest absolute Gasteiger partial charge is 0.489 e. The number of aliphatic imine (C=N–C) groups is 1. The minimum Gasteiger partial charge on any atom is -0.489 e. The molecule has 1 atom stereocenters. The number of rotatable bonds is 7. The van der Waals surface area contributed by atoms with Crippen LogP contribution >= 0.6 is 0 Å². The van der Waals surface area contributed by atoms with Crippen molar-refractivity contribution >= 4 is 23.0 Å². The van der Waals surface area contributed by atoms with E-state index in [1.807, 2.05) is 78.9 Å².